The number of amides is 2. The van der Waals surface area contributed by atoms with Crippen LogP contribution >= 0.6 is 11.8 Å². The van der Waals surface area contributed by atoms with Crippen molar-refractivity contribution >= 4 is 28.6 Å². The van der Waals surface area contributed by atoms with E-state index in [-0.39, 0.29) is 11.1 Å². The first kappa shape index (κ1) is 10.0. The van der Waals surface area contributed by atoms with Gasteiger partial charge in [0.25, 0.3) is 11.1 Å². The Bertz CT molecular complexity index is 394. The molecule has 1 heterocycles. The molecule has 1 aromatic rings. The summed E-state index contributed by atoms with van der Waals surface area (Å²) in [7, 11) is 1.49. The van der Waals surface area contributed by atoms with Gasteiger partial charge in [-0.05, 0) is 23.9 Å². The van der Waals surface area contributed by atoms with Crippen molar-refractivity contribution in [3.63, 3.8) is 0 Å². The normalized spacial score (nSPS) is 20.9. The van der Waals surface area contributed by atoms with Crippen LogP contribution < -0.4 is 5.32 Å². The Morgan fingerprint density at radius 3 is 2.47 bits per heavy atom. The van der Waals surface area contributed by atoms with Gasteiger partial charge in [-0.3, -0.25) is 14.5 Å². The van der Waals surface area contributed by atoms with E-state index in [0.717, 1.165) is 22.3 Å². The fourth-order valence-corrected chi connectivity index (χ4v) is 2.18. The second kappa shape index (κ2) is 3.94. The molecule has 0 bridgehead atoms. The van der Waals surface area contributed by atoms with Gasteiger partial charge in [-0.15, -0.1) is 0 Å². The van der Waals surface area contributed by atoms with E-state index < -0.39 is 5.37 Å². The number of likely N-dealkylation sites (N-methyl/N-ethyl adjacent to an activating group) is 1. The van der Waals surface area contributed by atoms with E-state index in [4.69, 9.17) is 0 Å². The van der Waals surface area contributed by atoms with Crippen molar-refractivity contribution in [1.82, 2.24) is 4.90 Å². The highest BCUT2D eigenvalue weighted by molar-refractivity contribution is 8.15. The Morgan fingerprint density at radius 2 is 1.93 bits per heavy atom. The summed E-state index contributed by atoms with van der Waals surface area (Å²) in [5.74, 6) is -0.200. The molecule has 0 aliphatic carbocycles. The van der Waals surface area contributed by atoms with Gasteiger partial charge in [0.2, 0.25) is 0 Å². The molecular formula is C10H10N2O2S. The monoisotopic (exact) mass is 222 g/mol. The van der Waals surface area contributed by atoms with Crippen LogP contribution in [-0.4, -0.2) is 28.5 Å². The molecule has 1 aliphatic rings. The predicted molar refractivity (Wildman–Crippen MR) is 59.6 cm³/mol. The summed E-state index contributed by atoms with van der Waals surface area (Å²) in [6.07, 6.45) is 0. The average molecular weight is 222 g/mol. The molecule has 1 saturated heterocycles. The molecule has 78 valence electrons. The maximum absolute atomic E-state index is 11.5. The lowest BCUT2D eigenvalue weighted by molar-refractivity contribution is -0.125. The van der Waals surface area contributed by atoms with Crippen LogP contribution in [0.2, 0.25) is 0 Å². The van der Waals surface area contributed by atoms with Crippen molar-refractivity contribution in [2.45, 2.75) is 5.37 Å². The fourth-order valence-electron chi connectivity index (χ4n) is 1.27. The molecule has 0 saturated carbocycles. The zero-order chi connectivity index (χ0) is 10.8. The molecule has 2 amide bonds. The van der Waals surface area contributed by atoms with Gasteiger partial charge < -0.3 is 5.32 Å². The number of thioether (sulfide) groups is 1. The number of hydrogen-bond donors (Lipinski definition) is 1. The number of carbonyl (C=O) groups is 2. The second-order valence-electron chi connectivity index (χ2n) is 3.17. The quantitative estimate of drug-likeness (QED) is 0.828. The summed E-state index contributed by atoms with van der Waals surface area (Å²) in [5, 5.41) is 2.29. The first-order valence-electron chi connectivity index (χ1n) is 4.48. The van der Waals surface area contributed by atoms with E-state index in [2.05, 4.69) is 5.32 Å². The molecule has 1 aliphatic heterocycles. The molecule has 5 heteroatoms. The number of para-hydroxylation sites is 1. The van der Waals surface area contributed by atoms with Gasteiger partial charge >= 0.3 is 0 Å². The van der Waals surface area contributed by atoms with E-state index in [1.54, 1.807) is 0 Å². The van der Waals surface area contributed by atoms with Crippen LogP contribution in [-0.2, 0) is 4.79 Å². The van der Waals surface area contributed by atoms with E-state index in [0.29, 0.717) is 0 Å². The Hall–Kier alpha value is -1.49. The molecule has 1 atom stereocenters. The van der Waals surface area contributed by atoms with Crippen molar-refractivity contribution in [2.24, 2.45) is 0 Å². The topological polar surface area (TPSA) is 49.4 Å². The van der Waals surface area contributed by atoms with Crippen LogP contribution in [0.5, 0.6) is 0 Å². The highest BCUT2D eigenvalue weighted by Gasteiger charge is 2.36. The zero-order valence-electron chi connectivity index (χ0n) is 8.14. The molecule has 0 unspecified atom stereocenters. The van der Waals surface area contributed by atoms with Gasteiger partial charge in [0.1, 0.15) is 0 Å². The molecule has 1 aromatic carbocycles. The standard InChI is InChI=1S/C10H10N2O2S/c1-12-9(13)8(15-10(12)14)11-7-5-3-2-4-6-7/h2-6,8,11H,1H3/t8-/m1/s1. The third-order valence-electron chi connectivity index (χ3n) is 2.12. The van der Waals surface area contributed by atoms with Crippen LogP contribution in [0.4, 0.5) is 10.5 Å². The SMILES string of the molecule is CN1C(=O)S[C@@H](Nc2ccccc2)C1=O. The number of carbonyl (C=O) groups excluding carboxylic acids is 2. The van der Waals surface area contributed by atoms with E-state index in [1.165, 1.54) is 7.05 Å². The van der Waals surface area contributed by atoms with Gasteiger partial charge in [-0.1, -0.05) is 18.2 Å². The summed E-state index contributed by atoms with van der Waals surface area (Å²) in [4.78, 5) is 23.9. The predicted octanol–water partition coefficient (Wildman–Crippen LogP) is 1.75. The largest absolute Gasteiger partial charge is 0.365 e. The van der Waals surface area contributed by atoms with Crippen LogP contribution in [0.3, 0.4) is 0 Å². The Balaban J connectivity index is 2.09. The average Bonchev–Trinajstić information content (AvgIpc) is 2.48. The van der Waals surface area contributed by atoms with Crippen molar-refractivity contribution in [3.8, 4) is 0 Å². The molecule has 0 spiro atoms. The molecule has 15 heavy (non-hydrogen) atoms. The third kappa shape index (κ3) is 1.97. The molecule has 0 aromatic heterocycles. The Labute approximate surface area is 91.6 Å². The smallest absolute Gasteiger partial charge is 0.290 e. The maximum Gasteiger partial charge on any atom is 0.290 e. The lowest BCUT2D eigenvalue weighted by atomic mass is 10.3. The van der Waals surface area contributed by atoms with Gasteiger partial charge in [-0.25, -0.2) is 0 Å². The summed E-state index contributed by atoms with van der Waals surface area (Å²) in [5.41, 5.74) is 0.839. The second-order valence-corrected chi connectivity index (χ2v) is 4.23. The van der Waals surface area contributed by atoms with Gasteiger partial charge in [-0.2, -0.15) is 0 Å². The molecule has 0 radical (unpaired) electrons. The molecule has 4 nitrogen and oxygen atoms in total. The Kier molecular flexibility index (Phi) is 2.64. The zero-order valence-corrected chi connectivity index (χ0v) is 8.95. The van der Waals surface area contributed by atoms with Crippen molar-refractivity contribution in [2.75, 3.05) is 12.4 Å². The van der Waals surface area contributed by atoms with Crippen LogP contribution in [0.25, 0.3) is 0 Å². The van der Waals surface area contributed by atoms with E-state index in [1.807, 2.05) is 30.3 Å². The van der Waals surface area contributed by atoms with Crippen LogP contribution in [0.15, 0.2) is 30.3 Å². The number of anilines is 1. The first-order valence-corrected chi connectivity index (χ1v) is 5.36. The number of benzene rings is 1. The highest BCUT2D eigenvalue weighted by Crippen LogP contribution is 2.26. The minimum atomic E-state index is -0.495. The van der Waals surface area contributed by atoms with E-state index >= 15 is 0 Å². The molecule has 1 N–H and O–H groups in total. The summed E-state index contributed by atoms with van der Waals surface area (Å²) in [6, 6.07) is 9.36. The minimum Gasteiger partial charge on any atom is -0.365 e. The minimum absolute atomic E-state index is 0.200. The molecule has 2 rings (SSSR count). The van der Waals surface area contributed by atoms with Crippen molar-refractivity contribution < 1.29 is 9.59 Å². The van der Waals surface area contributed by atoms with Gasteiger partial charge in [0, 0.05) is 12.7 Å². The van der Waals surface area contributed by atoms with Gasteiger partial charge in [0.15, 0.2) is 5.37 Å². The molecular weight excluding hydrogens is 212 g/mol. The Morgan fingerprint density at radius 1 is 1.27 bits per heavy atom. The number of imide groups is 1. The van der Waals surface area contributed by atoms with Gasteiger partial charge in [0.05, 0.1) is 0 Å². The summed E-state index contributed by atoms with van der Waals surface area (Å²) < 4.78 is 0. The number of nitrogens with one attached hydrogen (secondary N) is 1. The number of rotatable bonds is 2. The van der Waals surface area contributed by atoms with Crippen molar-refractivity contribution in [1.29, 1.82) is 0 Å². The maximum atomic E-state index is 11.5. The molecule has 1 fully saturated rings. The van der Waals surface area contributed by atoms with Crippen LogP contribution in [0.1, 0.15) is 0 Å². The van der Waals surface area contributed by atoms with E-state index in [9.17, 15) is 9.59 Å². The summed E-state index contributed by atoms with van der Waals surface area (Å²) in [6.45, 7) is 0. The fraction of sp³-hybridized carbons (Fsp3) is 0.200. The number of nitrogens with zero attached hydrogens (tertiary/aromatic N) is 1. The lowest BCUT2D eigenvalue weighted by Gasteiger charge is -2.10. The van der Waals surface area contributed by atoms with Crippen molar-refractivity contribution in [3.05, 3.63) is 30.3 Å². The lowest BCUT2D eigenvalue weighted by Crippen LogP contribution is -2.31. The first-order chi connectivity index (χ1) is 7.18. The highest BCUT2D eigenvalue weighted by atomic mass is 32.2. The van der Waals surface area contributed by atoms with Crippen LogP contribution in [0, 0.1) is 0 Å². The third-order valence-corrected chi connectivity index (χ3v) is 3.15. The number of hydrogen-bond acceptors (Lipinski definition) is 4. The summed E-state index contributed by atoms with van der Waals surface area (Å²) >= 11 is 1.00.